The summed E-state index contributed by atoms with van der Waals surface area (Å²) in [6, 6.07) is 2.27. The predicted octanol–water partition coefficient (Wildman–Crippen LogP) is 1.48. The molecule has 1 rings (SSSR count). The number of anilines is 1. The van der Waals surface area contributed by atoms with Gasteiger partial charge in [0, 0.05) is 18.2 Å². The summed E-state index contributed by atoms with van der Waals surface area (Å²) < 4.78 is 38.2. The molecule has 21 heavy (non-hydrogen) atoms. The summed E-state index contributed by atoms with van der Waals surface area (Å²) in [6.45, 7) is 0.370. The quantitative estimate of drug-likeness (QED) is 0.785. The van der Waals surface area contributed by atoms with Crippen LogP contribution in [-0.4, -0.2) is 29.4 Å². The molecule has 0 aromatic heterocycles. The van der Waals surface area contributed by atoms with E-state index >= 15 is 0 Å². The number of hydrogen-bond acceptors (Lipinski definition) is 3. The molecule has 6 nitrogen and oxygen atoms in total. The molecule has 0 aliphatic heterocycles. The number of halogens is 3. The van der Waals surface area contributed by atoms with Crippen LogP contribution in [0.15, 0.2) is 18.2 Å². The molecule has 1 aromatic rings. The van der Waals surface area contributed by atoms with Gasteiger partial charge in [-0.3, -0.25) is 14.4 Å². The van der Waals surface area contributed by atoms with Gasteiger partial charge in [0.15, 0.2) is 0 Å². The SMILES string of the molecule is CC(=O)Nc1cc(C(=O)NCC(=O)O)cc(C(F)(F)F)c1. The summed E-state index contributed by atoms with van der Waals surface area (Å²) in [5, 5.41) is 12.5. The molecule has 9 heteroatoms. The number of benzene rings is 1. The summed E-state index contributed by atoms with van der Waals surface area (Å²) in [5.74, 6) is -2.93. The zero-order chi connectivity index (χ0) is 16.2. The molecule has 0 fully saturated rings. The third-order valence-electron chi connectivity index (χ3n) is 2.24. The second-order valence-electron chi connectivity index (χ2n) is 4.05. The number of amides is 2. The smallest absolute Gasteiger partial charge is 0.416 e. The van der Waals surface area contributed by atoms with Crippen molar-refractivity contribution in [2.75, 3.05) is 11.9 Å². The molecule has 0 aliphatic rings. The normalized spacial score (nSPS) is 10.9. The molecule has 0 aliphatic carbocycles. The average molecular weight is 304 g/mol. The molecule has 0 saturated heterocycles. The van der Waals surface area contributed by atoms with Crippen molar-refractivity contribution in [3.63, 3.8) is 0 Å². The molecule has 0 heterocycles. The van der Waals surface area contributed by atoms with E-state index in [0.29, 0.717) is 12.1 Å². The highest BCUT2D eigenvalue weighted by Crippen LogP contribution is 2.32. The number of carboxylic acid groups (broad SMARTS) is 1. The highest BCUT2D eigenvalue weighted by molar-refractivity contribution is 5.98. The molecule has 0 saturated carbocycles. The second-order valence-corrected chi connectivity index (χ2v) is 4.05. The van der Waals surface area contributed by atoms with Crippen molar-refractivity contribution in [1.82, 2.24) is 5.32 Å². The summed E-state index contributed by atoms with van der Waals surface area (Å²) >= 11 is 0. The van der Waals surface area contributed by atoms with Crippen LogP contribution in [0.25, 0.3) is 0 Å². The first-order valence-electron chi connectivity index (χ1n) is 5.59. The van der Waals surface area contributed by atoms with Crippen molar-refractivity contribution in [2.45, 2.75) is 13.1 Å². The van der Waals surface area contributed by atoms with E-state index in [1.165, 1.54) is 0 Å². The van der Waals surface area contributed by atoms with E-state index in [4.69, 9.17) is 5.11 Å². The summed E-state index contributed by atoms with van der Waals surface area (Å²) in [6.07, 6.45) is -4.71. The van der Waals surface area contributed by atoms with Gasteiger partial charge in [-0.05, 0) is 18.2 Å². The van der Waals surface area contributed by atoms with E-state index in [-0.39, 0.29) is 5.69 Å². The fourth-order valence-corrected chi connectivity index (χ4v) is 1.46. The van der Waals surface area contributed by atoms with Crippen LogP contribution in [0.3, 0.4) is 0 Å². The van der Waals surface area contributed by atoms with E-state index in [1.54, 1.807) is 0 Å². The fourth-order valence-electron chi connectivity index (χ4n) is 1.46. The van der Waals surface area contributed by atoms with E-state index in [9.17, 15) is 27.6 Å². The lowest BCUT2D eigenvalue weighted by atomic mass is 10.1. The summed E-state index contributed by atoms with van der Waals surface area (Å²) in [7, 11) is 0. The monoisotopic (exact) mass is 304 g/mol. The number of carbonyl (C=O) groups is 3. The number of carbonyl (C=O) groups excluding carboxylic acids is 2. The molecule has 0 atom stereocenters. The van der Waals surface area contributed by atoms with Gasteiger partial charge in [0.2, 0.25) is 5.91 Å². The van der Waals surface area contributed by atoms with Gasteiger partial charge in [-0.25, -0.2) is 0 Å². The zero-order valence-electron chi connectivity index (χ0n) is 10.7. The third kappa shape index (κ3) is 5.13. The van der Waals surface area contributed by atoms with Gasteiger partial charge >= 0.3 is 12.1 Å². The molecular formula is C12H11F3N2O4. The maximum absolute atomic E-state index is 12.7. The number of nitrogens with one attached hydrogen (secondary N) is 2. The van der Waals surface area contributed by atoms with E-state index in [0.717, 1.165) is 13.0 Å². The number of carboxylic acids is 1. The number of aliphatic carboxylic acids is 1. The van der Waals surface area contributed by atoms with Crippen LogP contribution < -0.4 is 10.6 Å². The van der Waals surface area contributed by atoms with Crippen molar-refractivity contribution >= 4 is 23.5 Å². The molecule has 0 unspecified atom stereocenters. The Kier molecular flexibility index (Phi) is 4.90. The van der Waals surface area contributed by atoms with E-state index in [2.05, 4.69) is 5.32 Å². The van der Waals surface area contributed by atoms with Crippen LogP contribution in [0.2, 0.25) is 0 Å². The largest absolute Gasteiger partial charge is 0.480 e. The van der Waals surface area contributed by atoms with E-state index in [1.807, 2.05) is 5.32 Å². The van der Waals surface area contributed by atoms with Crippen LogP contribution >= 0.6 is 0 Å². The Labute approximate surface area is 116 Å². The minimum atomic E-state index is -4.71. The molecule has 3 N–H and O–H groups in total. The first-order valence-corrected chi connectivity index (χ1v) is 5.59. The Morgan fingerprint density at radius 3 is 2.29 bits per heavy atom. The summed E-state index contributed by atoms with van der Waals surface area (Å²) in [4.78, 5) is 32.8. The van der Waals surface area contributed by atoms with Crippen LogP contribution in [0.5, 0.6) is 0 Å². The minimum absolute atomic E-state index is 0.210. The number of rotatable bonds is 4. The highest BCUT2D eigenvalue weighted by atomic mass is 19.4. The zero-order valence-corrected chi connectivity index (χ0v) is 10.7. The van der Waals surface area contributed by atoms with Crippen LogP contribution in [0.4, 0.5) is 18.9 Å². The Bertz CT molecular complexity index is 584. The molecule has 1 aromatic carbocycles. The first-order chi connectivity index (χ1) is 9.59. The molecule has 0 bridgehead atoms. The standard InChI is InChI=1S/C12H11F3N2O4/c1-6(18)17-9-3-7(11(21)16-5-10(19)20)2-8(4-9)12(13,14)15/h2-4H,5H2,1H3,(H,16,21)(H,17,18)(H,19,20). The number of alkyl halides is 3. The van der Waals surface area contributed by atoms with Crippen molar-refractivity contribution < 1.29 is 32.7 Å². The van der Waals surface area contributed by atoms with Crippen molar-refractivity contribution in [2.24, 2.45) is 0 Å². The molecular weight excluding hydrogens is 293 g/mol. The highest BCUT2D eigenvalue weighted by Gasteiger charge is 2.32. The molecule has 114 valence electrons. The maximum Gasteiger partial charge on any atom is 0.416 e. The minimum Gasteiger partial charge on any atom is -0.480 e. The van der Waals surface area contributed by atoms with Gasteiger partial charge in [0.05, 0.1) is 5.56 Å². The molecule has 0 radical (unpaired) electrons. The van der Waals surface area contributed by atoms with Gasteiger partial charge in [-0.15, -0.1) is 0 Å². The lowest BCUT2D eigenvalue weighted by Gasteiger charge is -2.12. The topological polar surface area (TPSA) is 95.5 Å². The van der Waals surface area contributed by atoms with Crippen molar-refractivity contribution in [1.29, 1.82) is 0 Å². The Balaban J connectivity index is 3.15. The maximum atomic E-state index is 12.7. The first kappa shape index (κ1) is 16.5. The third-order valence-corrected chi connectivity index (χ3v) is 2.24. The van der Waals surface area contributed by atoms with Gasteiger partial charge in [0.1, 0.15) is 6.54 Å². The van der Waals surface area contributed by atoms with Gasteiger partial charge in [-0.2, -0.15) is 13.2 Å². The average Bonchev–Trinajstić information content (AvgIpc) is 2.33. The van der Waals surface area contributed by atoms with Gasteiger partial charge in [0.25, 0.3) is 5.91 Å². The lowest BCUT2D eigenvalue weighted by Crippen LogP contribution is -2.29. The van der Waals surface area contributed by atoms with Crippen molar-refractivity contribution in [3.05, 3.63) is 29.3 Å². The van der Waals surface area contributed by atoms with Crippen LogP contribution in [-0.2, 0) is 15.8 Å². The second kappa shape index (κ2) is 6.25. The van der Waals surface area contributed by atoms with Crippen LogP contribution in [0, 0.1) is 0 Å². The Hall–Kier alpha value is -2.58. The number of hydrogen-bond donors (Lipinski definition) is 3. The molecule has 0 spiro atoms. The van der Waals surface area contributed by atoms with Gasteiger partial charge < -0.3 is 15.7 Å². The van der Waals surface area contributed by atoms with E-state index < -0.39 is 41.6 Å². The summed E-state index contributed by atoms with van der Waals surface area (Å²) in [5.41, 5.74) is -1.75. The predicted molar refractivity (Wildman–Crippen MR) is 65.7 cm³/mol. The van der Waals surface area contributed by atoms with Crippen LogP contribution in [0.1, 0.15) is 22.8 Å². The molecule has 2 amide bonds. The Morgan fingerprint density at radius 2 is 1.81 bits per heavy atom. The van der Waals surface area contributed by atoms with Gasteiger partial charge in [-0.1, -0.05) is 0 Å². The lowest BCUT2D eigenvalue weighted by molar-refractivity contribution is -0.138. The Morgan fingerprint density at radius 1 is 1.19 bits per heavy atom. The van der Waals surface area contributed by atoms with Crippen molar-refractivity contribution in [3.8, 4) is 0 Å². The fraction of sp³-hybridized carbons (Fsp3) is 0.250.